The molecular formula is C6H14N2O2Pd. The maximum Gasteiger partial charge on any atom is 0.209 e. The maximum absolute atomic E-state index is 9.43. The van der Waals surface area contributed by atoms with Gasteiger partial charge in [0.15, 0.2) is 0 Å². The van der Waals surface area contributed by atoms with Crippen LogP contribution in [-0.2, 0) is 30.0 Å². The van der Waals surface area contributed by atoms with Crippen molar-refractivity contribution in [2.75, 3.05) is 28.2 Å². The first-order valence-electron chi connectivity index (χ1n) is 2.78. The summed E-state index contributed by atoms with van der Waals surface area (Å²) < 4.78 is 0. The normalized spacial score (nSPS) is 6.18. The van der Waals surface area contributed by atoms with Crippen LogP contribution in [0.25, 0.3) is 0 Å². The van der Waals surface area contributed by atoms with E-state index >= 15 is 0 Å². The van der Waals surface area contributed by atoms with E-state index in [0.29, 0.717) is 0 Å². The number of hydrogen-bond acceptors (Lipinski definition) is 2. The molecule has 4 nitrogen and oxygen atoms in total. The molecule has 0 aromatic rings. The Hall–Kier alpha value is -0.398. The molecule has 0 bridgehead atoms. The Morgan fingerprint density at radius 1 is 0.818 bits per heavy atom. The zero-order valence-corrected chi connectivity index (χ0v) is 8.74. The van der Waals surface area contributed by atoms with Crippen LogP contribution in [0.2, 0.25) is 0 Å². The Kier molecular flexibility index (Phi) is 18.9. The molecule has 0 saturated carbocycles. The molecule has 2 amide bonds. The second-order valence-electron chi connectivity index (χ2n) is 2.14. The van der Waals surface area contributed by atoms with Gasteiger partial charge in [-0.05, 0) is 0 Å². The van der Waals surface area contributed by atoms with Crippen LogP contribution in [-0.4, -0.2) is 50.8 Å². The summed E-state index contributed by atoms with van der Waals surface area (Å²) in [4.78, 5) is 21.8. The van der Waals surface area contributed by atoms with Crippen molar-refractivity contribution in [2.45, 2.75) is 0 Å². The van der Waals surface area contributed by atoms with Crippen LogP contribution >= 0.6 is 0 Å². The summed E-state index contributed by atoms with van der Waals surface area (Å²) in [5.74, 6) is 0. The van der Waals surface area contributed by atoms with Gasteiger partial charge in [-0.25, -0.2) is 0 Å². The molecule has 0 heterocycles. The molecule has 5 heteroatoms. The van der Waals surface area contributed by atoms with Crippen LogP contribution < -0.4 is 0 Å². The number of carbonyl (C=O) groups is 2. The predicted octanol–water partition coefficient (Wildman–Crippen LogP) is -0.594. The van der Waals surface area contributed by atoms with Crippen molar-refractivity contribution in [1.82, 2.24) is 9.80 Å². The van der Waals surface area contributed by atoms with E-state index in [1.54, 1.807) is 28.2 Å². The molecule has 0 atom stereocenters. The molecule has 0 N–H and O–H groups in total. The van der Waals surface area contributed by atoms with Gasteiger partial charge in [-0.1, -0.05) is 0 Å². The molecule has 0 spiro atoms. The van der Waals surface area contributed by atoms with Gasteiger partial charge >= 0.3 is 0 Å². The molecule has 0 aliphatic heterocycles. The molecular weight excluding hydrogens is 238 g/mol. The molecule has 0 fully saturated rings. The smallest absolute Gasteiger partial charge is 0.209 e. The van der Waals surface area contributed by atoms with Gasteiger partial charge in [0.25, 0.3) is 0 Å². The van der Waals surface area contributed by atoms with Crippen LogP contribution in [0.15, 0.2) is 0 Å². The van der Waals surface area contributed by atoms with E-state index < -0.39 is 0 Å². The van der Waals surface area contributed by atoms with Crippen molar-refractivity contribution in [3.8, 4) is 0 Å². The van der Waals surface area contributed by atoms with Gasteiger partial charge < -0.3 is 9.80 Å². The monoisotopic (exact) mass is 252 g/mol. The maximum atomic E-state index is 9.43. The van der Waals surface area contributed by atoms with E-state index in [4.69, 9.17) is 0 Å². The molecule has 0 rings (SSSR count). The Bertz CT molecular complexity index is 84.6. The molecule has 70 valence electrons. The largest absolute Gasteiger partial charge is 0.351 e. The second kappa shape index (κ2) is 12.3. The van der Waals surface area contributed by atoms with Crippen LogP contribution in [0.1, 0.15) is 0 Å². The minimum absolute atomic E-state index is 0. The topological polar surface area (TPSA) is 40.6 Å². The SMILES string of the molecule is CN(C)C=O.CN(C)C=O.[Pd]. The number of amides is 2. The summed E-state index contributed by atoms with van der Waals surface area (Å²) in [6, 6.07) is 0. The van der Waals surface area contributed by atoms with Gasteiger partial charge in [0.1, 0.15) is 0 Å². The Balaban J connectivity index is -0.000000107. The standard InChI is InChI=1S/2C3H7NO.Pd/c2*1-4(2)3-5;/h2*3H,1-2H3;. The van der Waals surface area contributed by atoms with Crippen molar-refractivity contribution >= 4 is 12.8 Å². The fourth-order valence-corrected chi connectivity index (χ4v) is 0. The van der Waals surface area contributed by atoms with E-state index in [9.17, 15) is 9.59 Å². The van der Waals surface area contributed by atoms with Gasteiger partial charge in [0.2, 0.25) is 12.8 Å². The van der Waals surface area contributed by atoms with Gasteiger partial charge in [0.05, 0.1) is 0 Å². The number of hydrogen-bond donors (Lipinski definition) is 0. The van der Waals surface area contributed by atoms with Crippen molar-refractivity contribution in [1.29, 1.82) is 0 Å². The Morgan fingerprint density at radius 2 is 0.909 bits per heavy atom. The molecule has 11 heavy (non-hydrogen) atoms. The average molecular weight is 253 g/mol. The summed E-state index contributed by atoms with van der Waals surface area (Å²) in [7, 11) is 6.75. The molecule has 0 radical (unpaired) electrons. The quantitative estimate of drug-likeness (QED) is 0.487. The van der Waals surface area contributed by atoms with E-state index in [2.05, 4.69) is 0 Å². The van der Waals surface area contributed by atoms with Crippen molar-refractivity contribution in [3.05, 3.63) is 0 Å². The van der Waals surface area contributed by atoms with Crippen LogP contribution in [0, 0.1) is 0 Å². The van der Waals surface area contributed by atoms with E-state index in [0.717, 1.165) is 12.8 Å². The van der Waals surface area contributed by atoms with Crippen LogP contribution in [0.3, 0.4) is 0 Å². The molecule has 0 aliphatic rings. The molecule has 0 saturated heterocycles. The fraction of sp³-hybridized carbons (Fsp3) is 0.667. The summed E-state index contributed by atoms with van der Waals surface area (Å²) in [5, 5.41) is 0. The number of nitrogens with zero attached hydrogens (tertiary/aromatic N) is 2. The molecule has 0 aromatic heterocycles. The number of rotatable bonds is 2. The molecule has 0 aliphatic carbocycles. The van der Waals surface area contributed by atoms with Gasteiger partial charge in [-0.2, -0.15) is 0 Å². The first kappa shape index (κ1) is 16.9. The zero-order valence-electron chi connectivity index (χ0n) is 7.18. The summed E-state index contributed by atoms with van der Waals surface area (Å²) >= 11 is 0. The van der Waals surface area contributed by atoms with Crippen LogP contribution in [0.4, 0.5) is 0 Å². The summed E-state index contributed by atoms with van der Waals surface area (Å²) in [6.07, 6.45) is 1.50. The predicted molar refractivity (Wildman–Crippen MR) is 39.5 cm³/mol. The third kappa shape index (κ3) is 42.8. The Labute approximate surface area is 81.2 Å². The van der Waals surface area contributed by atoms with E-state index in [1.807, 2.05) is 0 Å². The first-order valence-corrected chi connectivity index (χ1v) is 2.78. The third-order valence-corrected chi connectivity index (χ3v) is 0.422. The summed E-state index contributed by atoms with van der Waals surface area (Å²) in [5.41, 5.74) is 0. The van der Waals surface area contributed by atoms with Gasteiger partial charge in [-0.15, -0.1) is 0 Å². The molecule has 0 unspecified atom stereocenters. The van der Waals surface area contributed by atoms with Gasteiger partial charge in [-0.3, -0.25) is 9.59 Å². The third-order valence-electron chi connectivity index (χ3n) is 0.422. The fourth-order valence-electron chi connectivity index (χ4n) is 0. The van der Waals surface area contributed by atoms with Crippen molar-refractivity contribution in [2.24, 2.45) is 0 Å². The van der Waals surface area contributed by atoms with Gasteiger partial charge in [0, 0.05) is 48.6 Å². The van der Waals surface area contributed by atoms with Crippen molar-refractivity contribution < 1.29 is 30.0 Å². The summed E-state index contributed by atoms with van der Waals surface area (Å²) in [6.45, 7) is 0. The minimum Gasteiger partial charge on any atom is -0.351 e. The second-order valence-corrected chi connectivity index (χ2v) is 2.14. The molecule has 0 aromatic carbocycles. The number of carbonyl (C=O) groups excluding carboxylic acids is 2. The Morgan fingerprint density at radius 3 is 0.909 bits per heavy atom. The van der Waals surface area contributed by atoms with E-state index in [1.165, 1.54) is 9.80 Å². The first-order chi connectivity index (χ1) is 4.54. The van der Waals surface area contributed by atoms with E-state index in [-0.39, 0.29) is 20.4 Å². The van der Waals surface area contributed by atoms with Crippen LogP contribution in [0.5, 0.6) is 0 Å². The minimum atomic E-state index is 0. The zero-order chi connectivity index (χ0) is 8.57. The van der Waals surface area contributed by atoms with Crippen molar-refractivity contribution in [3.63, 3.8) is 0 Å². The average Bonchev–Trinajstić information content (AvgIpc) is 1.89.